The Hall–Kier alpha value is -1.60. The van der Waals surface area contributed by atoms with Crippen LogP contribution in [0.15, 0.2) is 12.1 Å². The quantitative estimate of drug-likeness (QED) is 0.575. The van der Waals surface area contributed by atoms with Gasteiger partial charge in [-0.05, 0) is 12.1 Å². The molecule has 3 nitrogen and oxygen atoms in total. The third-order valence-electron chi connectivity index (χ3n) is 1.90. The molecule has 0 unspecified atom stereocenters. The predicted octanol–water partition coefficient (Wildman–Crippen LogP) is 2.22. The van der Waals surface area contributed by atoms with Crippen LogP contribution in [0.4, 0.5) is 4.39 Å². The first-order valence-corrected chi connectivity index (χ1v) is 4.55. The van der Waals surface area contributed by atoms with E-state index in [0.29, 0.717) is 0 Å². The molecule has 0 aliphatic carbocycles. The van der Waals surface area contributed by atoms with Gasteiger partial charge >= 0.3 is 5.97 Å². The van der Waals surface area contributed by atoms with Gasteiger partial charge < -0.3 is 4.74 Å². The number of alkyl halides is 1. The minimum Gasteiger partial charge on any atom is -0.465 e. The molecular formula is C10H7ClFNO2. The van der Waals surface area contributed by atoms with Crippen LogP contribution in [-0.4, -0.2) is 13.1 Å². The topological polar surface area (TPSA) is 50.1 Å². The second kappa shape index (κ2) is 4.76. The minimum atomic E-state index is -0.762. The average molecular weight is 228 g/mol. The summed E-state index contributed by atoms with van der Waals surface area (Å²) in [6, 6.07) is 4.11. The van der Waals surface area contributed by atoms with Crippen molar-refractivity contribution >= 4 is 17.6 Å². The van der Waals surface area contributed by atoms with Gasteiger partial charge in [0, 0.05) is 5.56 Å². The smallest absolute Gasteiger partial charge is 0.339 e. The lowest BCUT2D eigenvalue weighted by Gasteiger charge is -2.07. The Labute approximate surface area is 91.0 Å². The molecular weight excluding hydrogens is 221 g/mol. The number of esters is 1. The summed E-state index contributed by atoms with van der Waals surface area (Å²) in [6.07, 6.45) is 0. The van der Waals surface area contributed by atoms with Crippen molar-refractivity contribution in [1.82, 2.24) is 0 Å². The Balaban J connectivity index is 3.49. The zero-order chi connectivity index (χ0) is 11.4. The van der Waals surface area contributed by atoms with Crippen LogP contribution in [0.1, 0.15) is 21.5 Å². The van der Waals surface area contributed by atoms with Gasteiger partial charge in [-0.3, -0.25) is 0 Å². The van der Waals surface area contributed by atoms with E-state index in [-0.39, 0.29) is 22.6 Å². The number of methoxy groups -OCH3 is 1. The van der Waals surface area contributed by atoms with Crippen LogP contribution in [0.2, 0.25) is 0 Å². The first-order valence-electron chi connectivity index (χ1n) is 4.01. The molecule has 0 aromatic heterocycles. The molecule has 0 bridgehead atoms. The largest absolute Gasteiger partial charge is 0.465 e. The van der Waals surface area contributed by atoms with Crippen molar-refractivity contribution in [3.05, 3.63) is 34.6 Å². The lowest BCUT2D eigenvalue weighted by atomic mass is 10.0. The standard InChI is InChI=1S/C10H7ClFNO2/c1-15-10(14)9-6(5-13)2-3-8(12)7(9)4-11/h2-3H,4H2,1H3. The van der Waals surface area contributed by atoms with Gasteiger partial charge in [-0.15, -0.1) is 11.6 Å². The molecule has 1 aromatic carbocycles. The summed E-state index contributed by atoms with van der Waals surface area (Å²) >= 11 is 5.51. The van der Waals surface area contributed by atoms with Crippen LogP contribution >= 0.6 is 11.6 Å². The summed E-state index contributed by atoms with van der Waals surface area (Å²) < 4.78 is 17.7. The maximum absolute atomic E-state index is 13.3. The van der Waals surface area contributed by atoms with E-state index in [1.54, 1.807) is 6.07 Å². The zero-order valence-corrected chi connectivity index (χ0v) is 8.64. The normalized spacial score (nSPS) is 9.47. The first kappa shape index (κ1) is 11.5. The zero-order valence-electron chi connectivity index (χ0n) is 7.88. The van der Waals surface area contributed by atoms with E-state index in [0.717, 1.165) is 13.2 Å². The van der Waals surface area contributed by atoms with E-state index in [2.05, 4.69) is 4.74 Å². The highest BCUT2D eigenvalue weighted by Crippen LogP contribution is 2.20. The molecule has 0 amide bonds. The molecule has 0 heterocycles. The van der Waals surface area contributed by atoms with Crippen molar-refractivity contribution in [3.63, 3.8) is 0 Å². The minimum absolute atomic E-state index is 0.0115. The Morgan fingerprint density at radius 3 is 2.80 bits per heavy atom. The summed E-state index contributed by atoms with van der Waals surface area (Å²) in [7, 11) is 1.16. The number of rotatable bonds is 2. The molecule has 0 spiro atoms. The second-order valence-corrected chi connectivity index (χ2v) is 2.95. The Kier molecular flexibility index (Phi) is 3.64. The van der Waals surface area contributed by atoms with Gasteiger partial charge in [0.15, 0.2) is 0 Å². The van der Waals surface area contributed by atoms with Crippen LogP contribution in [0.5, 0.6) is 0 Å². The Morgan fingerprint density at radius 2 is 2.33 bits per heavy atom. The Morgan fingerprint density at radius 1 is 1.67 bits per heavy atom. The molecule has 78 valence electrons. The highest BCUT2D eigenvalue weighted by Gasteiger charge is 2.19. The van der Waals surface area contributed by atoms with Gasteiger partial charge in [-0.1, -0.05) is 0 Å². The lowest BCUT2D eigenvalue weighted by Crippen LogP contribution is -2.09. The average Bonchev–Trinajstić information content (AvgIpc) is 2.27. The number of hydrogen-bond acceptors (Lipinski definition) is 3. The molecule has 0 N–H and O–H groups in total. The number of nitrogens with zero attached hydrogens (tertiary/aromatic N) is 1. The van der Waals surface area contributed by atoms with Crippen molar-refractivity contribution in [2.75, 3.05) is 7.11 Å². The maximum atomic E-state index is 13.3. The summed E-state index contributed by atoms with van der Waals surface area (Å²) in [4.78, 5) is 11.3. The first-order chi connectivity index (χ1) is 7.15. The SMILES string of the molecule is COC(=O)c1c(C#N)ccc(F)c1CCl. The predicted molar refractivity (Wildman–Crippen MR) is 52.0 cm³/mol. The number of hydrogen-bond donors (Lipinski definition) is 0. The van der Waals surface area contributed by atoms with E-state index < -0.39 is 11.8 Å². The number of nitriles is 1. The molecule has 1 aromatic rings. The highest BCUT2D eigenvalue weighted by atomic mass is 35.5. The summed E-state index contributed by atoms with van der Waals surface area (Å²) in [6.45, 7) is 0. The van der Waals surface area contributed by atoms with Crippen LogP contribution in [0.3, 0.4) is 0 Å². The van der Waals surface area contributed by atoms with E-state index in [1.165, 1.54) is 6.07 Å². The molecule has 0 aliphatic heterocycles. The number of carbonyl (C=O) groups excluding carboxylic acids is 1. The van der Waals surface area contributed by atoms with Crippen molar-refractivity contribution in [2.45, 2.75) is 5.88 Å². The van der Waals surface area contributed by atoms with Crippen LogP contribution in [0, 0.1) is 17.1 Å². The van der Waals surface area contributed by atoms with Crippen molar-refractivity contribution < 1.29 is 13.9 Å². The Bertz CT molecular complexity index is 440. The summed E-state index contributed by atoms with van der Waals surface area (Å²) in [5.41, 5.74) is -0.0588. The third kappa shape index (κ3) is 2.08. The van der Waals surface area contributed by atoms with Crippen LogP contribution in [0.25, 0.3) is 0 Å². The van der Waals surface area contributed by atoms with E-state index in [4.69, 9.17) is 16.9 Å². The highest BCUT2D eigenvalue weighted by molar-refractivity contribution is 6.17. The fourth-order valence-corrected chi connectivity index (χ4v) is 1.44. The summed E-state index contributed by atoms with van der Waals surface area (Å²) in [5.74, 6) is -1.57. The fourth-order valence-electron chi connectivity index (χ4n) is 1.18. The number of ether oxygens (including phenoxy) is 1. The molecule has 0 saturated carbocycles. The second-order valence-electron chi connectivity index (χ2n) is 2.69. The van der Waals surface area contributed by atoms with E-state index in [1.807, 2.05) is 0 Å². The molecule has 0 fully saturated rings. The van der Waals surface area contributed by atoms with Gasteiger partial charge in [0.2, 0.25) is 0 Å². The molecule has 0 radical (unpaired) electrons. The van der Waals surface area contributed by atoms with Gasteiger partial charge in [0.1, 0.15) is 11.9 Å². The van der Waals surface area contributed by atoms with E-state index in [9.17, 15) is 9.18 Å². The molecule has 15 heavy (non-hydrogen) atoms. The number of halogens is 2. The molecule has 0 aliphatic rings. The van der Waals surface area contributed by atoms with Gasteiger partial charge in [0.25, 0.3) is 0 Å². The van der Waals surface area contributed by atoms with Crippen molar-refractivity contribution in [1.29, 1.82) is 5.26 Å². The third-order valence-corrected chi connectivity index (χ3v) is 2.17. The lowest BCUT2D eigenvalue weighted by molar-refractivity contribution is 0.0599. The van der Waals surface area contributed by atoms with Gasteiger partial charge in [-0.25, -0.2) is 9.18 Å². The fraction of sp³-hybridized carbons (Fsp3) is 0.200. The number of benzene rings is 1. The van der Waals surface area contributed by atoms with Crippen LogP contribution in [-0.2, 0) is 10.6 Å². The van der Waals surface area contributed by atoms with Crippen molar-refractivity contribution in [3.8, 4) is 6.07 Å². The van der Waals surface area contributed by atoms with Gasteiger partial charge in [-0.2, -0.15) is 5.26 Å². The molecule has 5 heteroatoms. The summed E-state index contributed by atoms with van der Waals surface area (Å²) in [5, 5.41) is 8.75. The van der Waals surface area contributed by atoms with Gasteiger partial charge in [0.05, 0.1) is 24.1 Å². The van der Waals surface area contributed by atoms with Crippen molar-refractivity contribution in [2.24, 2.45) is 0 Å². The molecule has 0 atom stereocenters. The van der Waals surface area contributed by atoms with Crippen LogP contribution < -0.4 is 0 Å². The monoisotopic (exact) mass is 227 g/mol. The molecule has 1 rings (SSSR count). The molecule has 0 saturated heterocycles. The van der Waals surface area contributed by atoms with E-state index >= 15 is 0 Å². The maximum Gasteiger partial charge on any atom is 0.339 e. The number of carbonyl (C=O) groups is 1.